The molecular formula is C22H26FN3O3S. The van der Waals surface area contributed by atoms with Crippen LogP contribution in [0.4, 0.5) is 4.39 Å². The van der Waals surface area contributed by atoms with Crippen molar-refractivity contribution in [2.45, 2.75) is 51.2 Å². The summed E-state index contributed by atoms with van der Waals surface area (Å²) in [6.07, 6.45) is 2.83. The number of aryl methyl sites for hydroxylation is 1. The predicted octanol–water partition coefficient (Wildman–Crippen LogP) is 2.85. The second kappa shape index (κ2) is 8.43. The molecule has 1 aromatic carbocycles. The normalized spacial score (nSPS) is 25.0. The van der Waals surface area contributed by atoms with Gasteiger partial charge in [0, 0.05) is 37.5 Å². The maximum Gasteiger partial charge on any atom is 0.249 e. The summed E-state index contributed by atoms with van der Waals surface area (Å²) in [5.41, 5.74) is 3.33. The summed E-state index contributed by atoms with van der Waals surface area (Å²) >= 11 is 1.50. The molecule has 2 saturated heterocycles. The largest absolute Gasteiger partial charge is 0.375 e. The number of fused-ring (bicyclic) bond motifs is 2. The molecule has 0 saturated carbocycles. The Hall–Kier alpha value is -2.32. The zero-order valence-electron chi connectivity index (χ0n) is 17.2. The molecule has 0 unspecified atom stereocenters. The molecule has 2 fully saturated rings. The first-order valence-electron chi connectivity index (χ1n) is 10.1. The number of benzene rings is 1. The van der Waals surface area contributed by atoms with Crippen LogP contribution in [-0.4, -0.2) is 47.5 Å². The molecule has 2 amide bonds. The summed E-state index contributed by atoms with van der Waals surface area (Å²) in [5.74, 6) is -0.391. The molecule has 0 aliphatic carbocycles. The molecule has 4 rings (SSSR count). The zero-order chi connectivity index (χ0) is 21.3. The Morgan fingerprint density at radius 1 is 1.40 bits per heavy atom. The number of hydrogen-bond donors (Lipinski definition) is 1. The summed E-state index contributed by atoms with van der Waals surface area (Å²) in [5, 5.41) is 5.03. The van der Waals surface area contributed by atoms with Crippen LogP contribution in [0, 0.1) is 18.2 Å². The van der Waals surface area contributed by atoms with Crippen LogP contribution in [0.5, 0.6) is 0 Å². The van der Waals surface area contributed by atoms with Crippen molar-refractivity contribution in [3.05, 3.63) is 51.7 Å². The van der Waals surface area contributed by atoms with Crippen LogP contribution >= 0.6 is 11.3 Å². The molecule has 2 aliphatic rings. The molecule has 0 radical (unpaired) electrons. The third kappa shape index (κ3) is 3.74. The maximum atomic E-state index is 13.6. The van der Waals surface area contributed by atoms with Crippen molar-refractivity contribution in [2.24, 2.45) is 5.41 Å². The van der Waals surface area contributed by atoms with E-state index in [0.29, 0.717) is 24.9 Å². The van der Waals surface area contributed by atoms with Gasteiger partial charge < -0.3 is 15.0 Å². The molecule has 2 bridgehead atoms. The Kier molecular flexibility index (Phi) is 5.88. The number of hydrogen-bond acceptors (Lipinski definition) is 5. The lowest BCUT2D eigenvalue weighted by atomic mass is 9.70. The number of thiazole rings is 1. The van der Waals surface area contributed by atoms with E-state index in [2.05, 4.69) is 10.3 Å². The van der Waals surface area contributed by atoms with Crippen LogP contribution in [0.15, 0.2) is 29.1 Å². The van der Waals surface area contributed by atoms with E-state index in [0.717, 1.165) is 24.1 Å². The molecule has 1 aromatic heterocycles. The van der Waals surface area contributed by atoms with Gasteiger partial charge >= 0.3 is 0 Å². The predicted molar refractivity (Wildman–Crippen MR) is 111 cm³/mol. The molecule has 30 heavy (non-hydrogen) atoms. The molecular weight excluding hydrogens is 405 g/mol. The minimum absolute atomic E-state index is 0.0241. The number of aromatic nitrogens is 1. The van der Waals surface area contributed by atoms with Gasteiger partial charge in [-0.05, 0) is 43.4 Å². The van der Waals surface area contributed by atoms with E-state index in [9.17, 15) is 14.0 Å². The van der Waals surface area contributed by atoms with Gasteiger partial charge in [0.05, 0.1) is 16.6 Å². The lowest BCUT2D eigenvalue weighted by Crippen LogP contribution is -2.51. The van der Waals surface area contributed by atoms with Gasteiger partial charge in [0.25, 0.3) is 0 Å². The van der Waals surface area contributed by atoms with Crippen molar-refractivity contribution in [3.8, 4) is 0 Å². The van der Waals surface area contributed by atoms with E-state index in [1.54, 1.807) is 24.6 Å². The summed E-state index contributed by atoms with van der Waals surface area (Å²) < 4.78 is 18.6. The van der Waals surface area contributed by atoms with Crippen LogP contribution in [0.2, 0.25) is 0 Å². The Labute approximate surface area is 179 Å². The van der Waals surface area contributed by atoms with E-state index in [1.165, 1.54) is 24.5 Å². The molecule has 3 heterocycles. The van der Waals surface area contributed by atoms with Crippen molar-refractivity contribution in [1.82, 2.24) is 15.2 Å². The van der Waals surface area contributed by atoms with E-state index in [1.807, 2.05) is 10.3 Å². The number of rotatable bonds is 7. The van der Waals surface area contributed by atoms with Crippen molar-refractivity contribution < 1.29 is 18.7 Å². The maximum absolute atomic E-state index is 13.6. The standard InChI is InChI=1S/C22H26FN3O3S/c1-14-7-15(3-5-18(14)23)10-24-21(28)22(8-16-12-30-13-25-16)9-17-4-6-19(22)26(17)20(27)11-29-2/h3,5,7,12-13,17,19H,4,6,8-11H2,1-2H3,(H,24,28)/t17-,19+,22+/m1/s1. The van der Waals surface area contributed by atoms with Gasteiger partial charge in [-0.3, -0.25) is 9.59 Å². The monoisotopic (exact) mass is 431 g/mol. The fourth-order valence-corrected chi connectivity index (χ4v) is 5.65. The minimum Gasteiger partial charge on any atom is -0.375 e. The smallest absolute Gasteiger partial charge is 0.249 e. The minimum atomic E-state index is -0.713. The number of carbonyl (C=O) groups excluding carboxylic acids is 2. The average Bonchev–Trinajstić information content (AvgIpc) is 3.44. The number of nitrogens with zero attached hydrogens (tertiary/aromatic N) is 2. The SMILES string of the molecule is COCC(=O)N1[C@@H]2CC[C@H]1[C@@](Cc1cscn1)(C(=O)NCc1ccc(F)c(C)c1)C2. The third-order valence-corrected chi connectivity index (χ3v) is 7.04. The topological polar surface area (TPSA) is 71.5 Å². The molecule has 0 spiro atoms. The zero-order valence-corrected chi connectivity index (χ0v) is 18.0. The van der Waals surface area contributed by atoms with Gasteiger partial charge in [-0.2, -0.15) is 0 Å². The average molecular weight is 432 g/mol. The summed E-state index contributed by atoms with van der Waals surface area (Å²) in [4.78, 5) is 32.5. The number of methoxy groups -OCH3 is 1. The van der Waals surface area contributed by atoms with Crippen LogP contribution < -0.4 is 5.32 Å². The first-order chi connectivity index (χ1) is 14.4. The number of ether oxygens (including phenoxy) is 1. The van der Waals surface area contributed by atoms with E-state index in [4.69, 9.17) is 4.74 Å². The fraction of sp³-hybridized carbons (Fsp3) is 0.500. The highest BCUT2D eigenvalue weighted by molar-refractivity contribution is 7.07. The number of nitrogens with one attached hydrogen (secondary N) is 1. The number of amides is 2. The van der Waals surface area contributed by atoms with Gasteiger partial charge in [-0.1, -0.05) is 12.1 Å². The van der Waals surface area contributed by atoms with Crippen LogP contribution in [0.1, 0.15) is 36.1 Å². The molecule has 2 aromatic rings. The summed E-state index contributed by atoms with van der Waals surface area (Å²) in [6.45, 7) is 2.05. The number of halogens is 1. The van der Waals surface area contributed by atoms with Crippen molar-refractivity contribution >= 4 is 23.2 Å². The van der Waals surface area contributed by atoms with Gasteiger partial charge in [-0.15, -0.1) is 11.3 Å². The second-order valence-corrected chi connectivity index (χ2v) is 8.98. The highest BCUT2D eigenvalue weighted by atomic mass is 32.1. The quantitative estimate of drug-likeness (QED) is 0.732. The third-order valence-electron chi connectivity index (χ3n) is 6.40. The highest BCUT2D eigenvalue weighted by Crippen LogP contribution is 2.51. The van der Waals surface area contributed by atoms with Gasteiger partial charge in [0.2, 0.25) is 11.8 Å². The van der Waals surface area contributed by atoms with Crippen molar-refractivity contribution in [2.75, 3.05) is 13.7 Å². The van der Waals surface area contributed by atoms with E-state index >= 15 is 0 Å². The Balaban J connectivity index is 1.58. The fourth-order valence-electron chi connectivity index (χ4n) is 5.10. The van der Waals surface area contributed by atoms with Crippen LogP contribution in [-0.2, 0) is 27.3 Å². The molecule has 1 N–H and O–H groups in total. The molecule has 3 atom stereocenters. The van der Waals surface area contributed by atoms with Crippen molar-refractivity contribution in [1.29, 1.82) is 0 Å². The van der Waals surface area contributed by atoms with E-state index < -0.39 is 5.41 Å². The Bertz CT molecular complexity index is 936. The van der Waals surface area contributed by atoms with Crippen LogP contribution in [0.25, 0.3) is 0 Å². The number of carbonyl (C=O) groups is 2. The highest BCUT2D eigenvalue weighted by Gasteiger charge is 2.61. The first-order valence-corrected chi connectivity index (χ1v) is 11.1. The molecule has 2 aliphatic heterocycles. The Morgan fingerprint density at radius 2 is 2.23 bits per heavy atom. The molecule has 8 heteroatoms. The van der Waals surface area contributed by atoms with E-state index in [-0.39, 0.29) is 36.3 Å². The summed E-state index contributed by atoms with van der Waals surface area (Å²) in [7, 11) is 1.51. The lowest BCUT2D eigenvalue weighted by Gasteiger charge is -2.35. The molecule has 160 valence electrons. The van der Waals surface area contributed by atoms with Gasteiger partial charge in [0.15, 0.2) is 0 Å². The first kappa shape index (κ1) is 20.9. The summed E-state index contributed by atoms with van der Waals surface area (Å²) in [6, 6.07) is 4.74. The second-order valence-electron chi connectivity index (χ2n) is 8.26. The van der Waals surface area contributed by atoms with Crippen molar-refractivity contribution in [3.63, 3.8) is 0 Å². The van der Waals surface area contributed by atoms with Gasteiger partial charge in [0.1, 0.15) is 12.4 Å². The lowest BCUT2D eigenvalue weighted by molar-refractivity contribution is -0.139. The van der Waals surface area contributed by atoms with Crippen LogP contribution in [0.3, 0.4) is 0 Å². The van der Waals surface area contributed by atoms with Gasteiger partial charge in [-0.25, -0.2) is 9.37 Å². The molecule has 6 nitrogen and oxygen atoms in total. The Morgan fingerprint density at radius 3 is 2.93 bits per heavy atom.